The van der Waals surface area contributed by atoms with Crippen molar-refractivity contribution < 1.29 is 27.5 Å². The number of ether oxygens (including phenoxy) is 1. The van der Waals surface area contributed by atoms with E-state index < -0.39 is 22.9 Å². The topological polar surface area (TPSA) is 71.0 Å². The van der Waals surface area contributed by atoms with E-state index in [2.05, 4.69) is 10.3 Å². The Morgan fingerprint density at radius 2 is 1.78 bits per heavy atom. The molecule has 0 unspecified atom stereocenters. The summed E-state index contributed by atoms with van der Waals surface area (Å²) in [6.45, 7) is 0.243. The molecular weight excluding hydrogens is 491 g/mol. The molecule has 2 amide bonds. The van der Waals surface area contributed by atoms with Crippen molar-refractivity contribution in [1.82, 2.24) is 4.90 Å². The quantitative estimate of drug-likeness (QED) is 0.429. The van der Waals surface area contributed by atoms with Crippen LogP contribution in [0.15, 0.2) is 83.9 Å². The average molecular weight is 514 g/mol. The molecule has 3 aromatic rings. The molecule has 0 radical (unpaired) electrons. The lowest BCUT2D eigenvalue weighted by molar-refractivity contribution is -0.137. The van der Waals surface area contributed by atoms with E-state index in [0.29, 0.717) is 16.6 Å². The van der Waals surface area contributed by atoms with Gasteiger partial charge in [-0.2, -0.15) is 13.2 Å². The van der Waals surface area contributed by atoms with E-state index in [4.69, 9.17) is 4.74 Å². The van der Waals surface area contributed by atoms with Crippen molar-refractivity contribution in [2.75, 3.05) is 12.4 Å². The lowest BCUT2D eigenvalue weighted by Gasteiger charge is -2.17. The first kappa shape index (κ1) is 25.3. The SMILES string of the molecule is COc1ccc(CN2C(=O)[C@@H](CC(=O)Nc3cccc(C(F)(F)F)c3)SC2=Nc2ccccc2)cc1. The number of amides is 2. The van der Waals surface area contributed by atoms with Gasteiger partial charge in [0.05, 0.1) is 24.9 Å². The van der Waals surface area contributed by atoms with E-state index in [1.807, 2.05) is 30.3 Å². The van der Waals surface area contributed by atoms with Gasteiger partial charge in [0.15, 0.2) is 5.17 Å². The normalized spacial score (nSPS) is 16.9. The Morgan fingerprint density at radius 3 is 2.44 bits per heavy atom. The molecule has 4 rings (SSSR count). The van der Waals surface area contributed by atoms with Gasteiger partial charge in [0, 0.05) is 12.1 Å². The van der Waals surface area contributed by atoms with Crippen LogP contribution in [0.4, 0.5) is 24.5 Å². The Kier molecular flexibility index (Phi) is 7.64. The van der Waals surface area contributed by atoms with Crippen LogP contribution in [0.2, 0.25) is 0 Å². The summed E-state index contributed by atoms with van der Waals surface area (Å²) in [6.07, 6.45) is -4.74. The second kappa shape index (κ2) is 10.9. The van der Waals surface area contributed by atoms with E-state index in [-0.39, 0.29) is 24.6 Å². The molecule has 0 saturated carbocycles. The molecule has 0 aliphatic carbocycles. The second-order valence-electron chi connectivity index (χ2n) is 7.94. The molecule has 6 nitrogen and oxygen atoms in total. The first-order valence-electron chi connectivity index (χ1n) is 10.9. The van der Waals surface area contributed by atoms with Gasteiger partial charge in [0.2, 0.25) is 11.8 Å². The number of aliphatic imine (C=N–C) groups is 1. The van der Waals surface area contributed by atoms with E-state index in [1.165, 1.54) is 17.0 Å². The number of nitrogens with zero attached hydrogens (tertiary/aromatic N) is 2. The number of hydrogen-bond donors (Lipinski definition) is 1. The Morgan fingerprint density at radius 1 is 1.06 bits per heavy atom. The van der Waals surface area contributed by atoms with Crippen LogP contribution in [0.5, 0.6) is 5.75 Å². The van der Waals surface area contributed by atoms with Crippen LogP contribution in [-0.4, -0.2) is 34.2 Å². The number of methoxy groups -OCH3 is 1. The number of amidine groups is 1. The summed E-state index contributed by atoms with van der Waals surface area (Å²) < 4.78 is 44.1. The molecule has 1 aliphatic heterocycles. The summed E-state index contributed by atoms with van der Waals surface area (Å²) >= 11 is 1.16. The van der Waals surface area contributed by atoms with Crippen molar-refractivity contribution in [3.8, 4) is 5.75 Å². The minimum Gasteiger partial charge on any atom is -0.497 e. The first-order valence-corrected chi connectivity index (χ1v) is 11.8. The lowest BCUT2D eigenvalue weighted by Crippen LogP contribution is -2.33. The Labute approximate surface area is 210 Å². The largest absolute Gasteiger partial charge is 0.497 e. The van der Waals surface area contributed by atoms with E-state index in [0.717, 1.165) is 29.5 Å². The summed E-state index contributed by atoms with van der Waals surface area (Å²) in [5.74, 6) is -0.182. The van der Waals surface area contributed by atoms with Gasteiger partial charge in [-0.15, -0.1) is 0 Å². The summed E-state index contributed by atoms with van der Waals surface area (Å²) in [7, 11) is 1.56. The maximum atomic E-state index is 13.3. The van der Waals surface area contributed by atoms with Gasteiger partial charge in [-0.1, -0.05) is 48.2 Å². The second-order valence-corrected chi connectivity index (χ2v) is 9.11. The fourth-order valence-electron chi connectivity index (χ4n) is 3.55. The zero-order valence-corrected chi connectivity index (χ0v) is 20.0. The van der Waals surface area contributed by atoms with E-state index in [1.54, 1.807) is 31.4 Å². The standard InChI is InChI=1S/C26H22F3N3O3S/c1-35-21-12-10-17(11-13-21)16-32-24(34)22(36-25(32)31-19-7-3-2-4-8-19)15-23(33)30-20-9-5-6-18(14-20)26(27,28)29/h2-14,22H,15-16H2,1H3,(H,30,33)/t22-/m1/s1. The molecule has 36 heavy (non-hydrogen) atoms. The van der Waals surface area contributed by atoms with Gasteiger partial charge in [-0.25, -0.2) is 4.99 Å². The number of halogens is 3. The number of nitrogens with one attached hydrogen (secondary N) is 1. The van der Waals surface area contributed by atoms with Gasteiger partial charge < -0.3 is 10.1 Å². The highest BCUT2D eigenvalue weighted by atomic mass is 32.2. The number of para-hydroxylation sites is 1. The van der Waals surface area contributed by atoms with Crippen molar-refractivity contribution in [1.29, 1.82) is 0 Å². The maximum absolute atomic E-state index is 13.3. The molecule has 1 aliphatic rings. The fourth-order valence-corrected chi connectivity index (χ4v) is 4.71. The van der Waals surface area contributed by atoms with E-state index in [9.17, 15) is 22.8 Å². The zero-order valence-electron chi connectivity index (χ0n) is 19.2. The predicted molar refractivity (Wildman–Crippen MR) is 133 cm³/mol. The van der Waals surface area contributed by atoms with Crippen LogP contribution in [0.25, 0.3) is 0 Å². The van der Waals surface area contributed by atoms with Crippen molar-refractivity contribution >= 4 is 40.1 Å². The predicted octanol–water partition coefficient (Wildman–Crippen LogP) is 5.87. The highest BCUT2D eigenvalue weighted by Crippen LogP contribution is 2.34. The summed E-state index contributed by atoms with van der Waals surface area (Å²) in [4.78, 5) is 32.0. The fraction of sp³-hybridized carbons (Fsp3) is 0.192. The smallest absolute Gasteiger partial charge is 0.416 e. The Hall–Kier alpha value is -3.79. The van der Waals surface area contributed by atoms with Gasteiger partial charge in [-0.05, 0) is 48.0 Å². The molecule has 1 saturated heterocycles. The maximum Gasteiger partial charge on any atom is 0.416 e. The number of thioether (sulfide) groups is 1. The van der Waals surface area contributed by atoms with Crippen LogP contribution >= 0.6 is 11.8 Å². The van der Waals surface area contributed by atoms with Crippen molar-refractivity contribution in [3.05, 3.63) is 90.0 Å². The third kappa shape index (κ3) is 6.25. The van der Waals surface area contributed by atoms with Gasteiger partial charge in [0.1, 0.15) is 11.0 Å². The number of alkyl halides is 3. The molecule has 3 aromatic carbocycles. The Bertz CT molecular complexity index is 1260. The van der Waals surface area contributed by atoms with Gasteiger partial charge in [-0.3, -0.25) is 14.5 Å². The van der Waals surface area contributed by atoms with Crippen LogP contribution < -0.4 is 10.1 Å². The minimum atomic E-state index is -4.53. The summed E-state index contributed by atoms with van der Waals surface area (Å²) in [6, 6.07) is 20.7. The molecular formula is C26H22F3N3O3S. The molecule has 10 heteroatoms. The molecule has 186 valence electrons. The highest BCUT2D eigenvalue weighted by Gasteiger charge is 2.39. The Balaban J connectivity index is 1.51. The first-order chi connectivity index (χ1) is 17.2. The number of anilines is 1. The van der Waals surface area contributed by atoms with E-state index >= 15 is 0 Å². The summed E-state index contributed by atoms with van der Waals surface area (Å²) in [5.41, 5.74) is 0.647. The minimum absolute atomic E-state index is 0.0125. The van der Waals surface area contributed by atoms with Crippen LogP contribution in [0, 0.1) is 0 Å². The van der Waals surface area contributed by atoms with Gasteiger partial charge in [0.25, 0.3) is 0 Å². The molecule has 0 spiro atoms. The number of carbonyl (C=O) groups excluding carboxylic acids is 2. The summed E-state index contributed by atoms with van der Waals surface area (Å²) in [5, 5.41) is 2.14. The highest BCUT2D eigenvalue weighted by molar-refractivity contribution is 8.15. The average Bonchev–Trinajstić information content (AvgIpc) is 3.13. The number of rotatable bonds is 7. The van der Waals surface area contributed by atoms with Crippen molar-refractivity contribution in [2.24, 2.45) is 4.99 Å². The van der Waals surface area contributed by atoms with Crippen LogP contribution in [0.1, 0.15) is 17.5 Å². The number of carbonyl (C=O) groups is 2. The molecule has 1 heterocycles. The number of benzene rings is 3. The molecule has 1 fully saturated rings. The third-order valence-corrected chi connectivity index (χ3v) is 6.52. The molecule has 1 N–H and O–H groups in total. The van der Waals surface area contributed by atoms with Crippen molar-refractivity contribution in [2.45, 2.75) is 24.4 Å². The molecule has 0 aromatic heterocycles. The molecule has 1 atom stereocenters. The number of hydrogen-bond acceptors (Lipinski definition) is 5. The lowest BCUT2D eigenvalue weighted by atomic mass is 10.1. The van der Waals surface area contributed by atoms with Crippen LogP contribution in [0.3, 0.4) is 0 Å². The third-order valence-electron chi connectivity index (χ3n) is 5.35. The van der Waals surface area contributed by atoms with Crippen LogP contribution in [-0.2, 0) is 22.3 Å². The van der Waals surface area contributed by atoms with Crippen molar-refractivity contribution in [3.63, 3.8) is 0 Å². The van der Waals surface area contributed by atoms with Gasteiger partial charge >= 0.3 is 6.18 Å². The zero-order chi connectivity index (χ0) is 25.7. The molecule has 0 bridgehead atoms. The monoisotopic (exact) mass is 513 g/mol.